The molecule has 2 N–H and O–H groups in total. The molecule has 2 aliphatic rings. The Kier molecular flexibility index (Phi) is 12.1. The lowest BCUT2D eigenvalue weighted by atomic mass is 9.77. The molecule has 1 unspecified atom stereocenters. The molecule has 0 saturated carbocycles. The van der Waals surface area contributed by atoms with Crippen LogP contribution in [0, 0.1) is 0 Å². The van der Waals surface area contributed by atoms with Gasteiger partial charge in [0.2, 0.25) is 5.91 Å². The van der Waals surface area contributed by atoms with Crippen LogP contribution < -0.4 is 10.8 Å². The van der Waals surface area contributed by atoms with Gasteiger partial charge in [0.15, 0.2) is 19.2 Å². The predicted molar refractivity (Wildman–Crippen MR) is 220 cm³/mol. The molecule has 2 amide bonds. The van der Waals surface area contributed by atoms with Crippen molar-refractivity contribution in [2.24, 2.45) is 5.16 Å². The Morgan fingerprint density at radius 1 is 0.964 bits per heavy atom. The van der Waals surface area contributed by atoms with E-state index < -0.39 is 25.7 Å². The number of allylic oxidation sites excluding steroid dienone is 1. The van der Waals surface area contributed by atoms with Crippen molar-refractivity contribution in [3.05, 3.63) is 142 Å². The highest BCUT2D eigenvalue weighted by Gasteiger charge is 2.46. The summed E-state index contributed by atoms with van der Waals surface area (Å²) in [6, 6.07) is 30.1. The van der Waals surface area contributed by atoms with Crippen LogP contribution in [0.5, 0.6) is 0 Å². The molecule has 0 spiro atoms. The van der Waals surface area contributed by atoms with Crippen molar-refractivity contribution < 1.29 is 28.5 Å². The average molecular weight is 796 g/mol. The van der Waals surface area contributed by atoms with E-state index in [9.17, 15) is 14.4 Å². The van der Waals surface area contributed by atoms with Gasteiger partial charge in [-0.25, -0.2) is 9.78 Å². The van der Waals surface area contributed by atoms with Crippen LogP contribution in [-0.2, 0) is 34.0 Å². The Morgan fingerprint density at radius 3 is 2.07 bits per heavy atom. The van der Waals surface area contributed by atoms with Crippen LogP contribution in [0.15, 0.2) is 124 Å². The molecule has 1 saturated heterocycles. The Balaban J connectivity index is 1.23. The number of amides is 2. The molecule has 286 valence electrons. The number of hydrogen-bond acceptors (Lipinski definition) is 11. The van der Waals surface area contributed by atoms with Gasteiger partial charge in [-0.2, -0.15) is 5.48 Å². The molecule has 1 aromatic heterocycles. The number of hydroxylamine groups is 1. The Bertz CT molecular complexity index is 2000. The molecule has 1 fully saturated rings. The zero-order valence-corrected chi connectivity index (χ0v) is 34.3. The lowest BCUT2D eigenvalue weighted by Crippen LogP contribution is -2.56. The maximum Gasteiger partial charge on any atom is 0.380 e. The number of benzene rings is 3. The predicted octanol–water partition coefficient (Wildman–Crippen LogP) is 7.61. The number of rotatable bonds is 13. The summed E-state index contributed by atoms with van der Waals surface area (Å²) in [5.41, 5.74) is 4.37. The van der Waals surface area contributed by atoms with E-state index in [0.29, 0.717) is 28.8 Å². The van der Waals surface area contributed by atoms with Crippen molar-refractivity contribution in [2.45, 2.75) is 56.9 Å². The first-order chi connectivity index (χ1) is 26.4. The average Bonchev–Trinajstić information content (AvgIpc) is 3.64. The number of oxime groups is 1. The molecule has 3 heterocycles. The number of nitrogens with zero attached hydrogens (tertiary/aromatic N) is 3. The van der Waals surface area contributed by atoms with Gasteiger partial charge in [-0.3, -0.25) is 9.59 Å². The van der Waals surface area contributed by atoms with Gasteiger partial charge in [0, 0.05) is 22.5 Å². The third-order valence-corrected chi connectivity index (χ3v) is 16.5. The van der Waals surface area contributed by atoms with Gasteiger partial charge in [0.05, 0.1) is 12.6 Å². The quantitative estimate of drug-likeness (QED) is 0.0462. The second kappa shape index (κ2) is 16.8. The molecule has 6 rings (SSSR count). The molecule has 55 heavy (non-hydrogen) atoms. The van der Waals surface area contributed by atoms with Gasteiger partial charge < -0.3 is 24.3 Å². The normalized spacial score (nSPS) is 16.4. The molecule has 3 aromatic carbocycles. The van der Waals surface area contributed by atoms with Crippen LogP contribution in [0.4, 0.5) is 5.13 Å². The first-order valence-electron chi connectivity index (χ1n) is 17.9. The number of fused-ring (bicyclic) bond motifs is 1. The lowest BCUT2D eigenvalue weighted by Gasteiger charge is -2.44. The molecule has 0 bridgehead atoms. The molecule has 4 aromatic rings. The fourth-order valence-corrected chi connectivity index (χ4v) is 8.96. The second-order valence-corrected chi connectivity index (χ2v) is 21.3. The minimum atomic E-state index is -1.99. The van der Waals surface area contributed by atoms with E-state index >= 15 is 0 Å². The van der Waals surface area contributed by atoms with Gasteiger partial charge in [0.25, 0.3) is 0 Å². The van der Waals surface area contributed by atoms with E-state index in [-0.39, 0.29) is 34.1 Å². The SMILES string of the molecule is CON=C(C(=O)NOC(=O)C1=C(C=CCO[Si](C)(C)C(C)(C)C)SCC2CC(=O)N12)c1csc(NC(c2ccccc2)(c2ccccc2)c2ccccc2)n1. The molecule has 14 heteroatoms. The molecular formula is C41H45N5O6S2Si. The first-order valence-corrected chi connectivity index (χ1v) is 22.7. The minimum Gasteiger partial charge on any atom is -0.413 e. The number of carbonyl (C=O) groups excluding carboxylic acids is 3. The summed E-state index contributed by atoms with van der Waals surface area (Å²) in [4.78, 5) is 57.0. The zero-order valence-electron chi connectivity index (χ0n) is 31.7. The van der Waals surface area contributed by atoms with Crippen LogP contribution in [0.3, 0.4) is 0 Å². The largest absolute Gasteiger partial charge is 0.413 e. The van der Waals surface area contributed by atoms with E-state index in [1.807, 2.05) is 60.7 Å². The standard InChI is InChI=1S/C41H45N5O6S2Si/c1-40(2,3)55(5,6)51-24-16-23-33-36(46-31(26-53-33)25-34(46)47)38(49)52-45-37(48)35(44-50-4)32-27-54-39(42-32)43-41(28-17-10-7-11-18-28,29-19-12-8-13-20-29)30-21-14-9-15-22-30/h7-23,27,31H,24-26H2,1-6H3,(H,42,43)(H,45,48). The number of nitrogens with one attached hydrogen (secondary N) is 2. The zero-order chi connectivity index (χ0) is 39.2. The first kappa shape index (κ1) is 39.7. The number of anilines is 1. The molecular weight excluding hydrogens is 751 g/mol. The number of carbonyl (C=O) groups is 3. The molecule has 2 aliphatic heterocycles. The van der Waals surface area contributed by atoms with E-state index in [4.69, 9.17) is 19.1 Å². The number of thiazole rings is 1. The maximum atomic E-state index is 13.6. The molecule has 0 radical (unpaired) electrons. The maximum absolute atomic E-state index is 13.6. The van der Waals surface area contributed by atoms with Gasteiger partial charge in [-0.1, -0.05) is 123 Å². The summed E-state index contributed by atoms with van der Waals surface area (Å²) in [6.07, 6.45) is 3.96. The highest BCUT2D eigenvalue weighted by Crippen LogP contribution is 2.42. The van der Waals surface area contributed by atoms with E-state index in [1.54, 1.807) is 11.5 Å². The Labute approximate surface area is 330 Å². The molecule has 11 nitrogen and oxygen atoms in total. The van der Waals surface area contributed by atoms with E-state index in [1.165, 1.54) is 35.1 Å². The van der Waals surface area contributed by atoms with Crippen LogP contribution in [0.25, 0.3) is 0 Å². The highest BCUT2D eigenvalue weighted by atomic mass is 32.2. The van der Waals surface area contributed by atoms with Crippen LogP contribution >= 0.6 is 23.1 Å². The fraction of sp³-hybridized carbons (Fsp3) is 0.293. The number of thioether (sulfide) groups is 1. The number of hydrogen-bond donors (Lipinski definition) is 2. The van der Waals surface area contributed by atoms with Crippen molar-refractivity contribution in [3.63, 3.8) is 0 Å². The lowest BCUT2D eigenvalue weighted by molar-refractivity contribution is -0.158. The van der Waals surface area contributed by atoms with Crippen molar-refractivity contribution in [3.8, 4) is 0 Å². The van der Waals surface area contributed by atoms with Crippen LogP contribution in [0.1, 0.15) is 49.6 Å². The van der Waals surface area contributed by atoms with E-state index in [0.717, 1.165) is 16.7 Å². The summed E-state index contributed by atoms with van der Waals surface area (Å²) in [5, 5.41) is 9.85. The molecule has 1 atom stereocenters. The topological polar surface area (TPSA) is 131 Å². The second-order valence-electron chi connectivity index (χ2n) is 14.6. The van der Waals surface area contributed by atoms with Crippen LogP contribution in [0.2, 0.25) is 18.1 Å². The van der Waals surface area contributed by atoms with Crippen molar-refractivity contribution in [1.82, 2.24) is 15.4 Å². The summed E-state index contributed by atoms with van der Waals surface area (Å²) in [7, 11) is -0.682. The third-order valence-electron chi connectivity index (χ3n) is 10.1. The Morgan fingerprint density at radius 2 is 1.55 bits per heavy atom. The fourth-order valence-electron chi connectivity index (χ4n) is 6.12. The molecule has 0 aliphatic carbocycles. The van der Waals surface area contributed by atoms with E-state index in [2.05, 4.69) is 86.2 Å². The summed E-state index contributed by atoms with van der Waals surface area (Å²) < 4.78 is 6.26. The van der Waals surface area contributed by atoms with Crippen molar-refractivity contribution in [2.75, 3.05) is 24.8 Å². The van der Waals surface area contributed by atoms with Crippen LogP contribution in [-0.4, -0.2) is 67.2 Å². The van der Waals surface area contributed by atoms with Gasteiger partial charge in [0.1, 0.15) is 24.0 Å². The highest BCUT2D eigenvalue weighted by molar-refractivity contribution is 8.03. The van der Waals surface area contributed by atoms with Gasteiger partial charge >= 0.3 is 11.9 Å². The van der Waals surface area contributed by atoms with Crippen molar-refractivity contribution in [1.29, 1.82) is 0 Å². The number of β-lactam (4-membered cyclic amide) rings is 1. The monoisotopic (exact) mass is 795 g/mol. The van der Waals surface area contributed by atoms with Gasteiger partial charge in [-0.15, -0.1) is 23.1 Å². The summed E-state index contributed by atoms with van der Waals surface area (Å²) in [6.45, 7) is 11.2. The number of aromatic nitrogens is 1. The summed E-state index contributed by atoms with van der Waals surface area (Å²) >= 11 is 2.74. The smallest absolute Gasteiger partial charge is 0.380 e. The Hall–Kier alpha value is -5.02. The van der Waals surface area contributed by atoms with Gasteiger partial charge in [-0.05, 0) is 40.9 Å². The van der Waals surface area contributed by atoms with Crippen molar-refractivity contribution >= 4 is 60.0 Å². The third kappa shape index (κ3) is 8.47. The minimum absolute atomic E-state index is 0.0445. The summed E-state index contributed by atoms with van der Waals surface area (Å²) in [5.74, 6) is -1.28.